The Morgan fingerprint density at radius 2 is 1.70 bits per heavy atom. The number of ether oxygens (including phenoxy) is 1. The highest BCUT2D eigenvalue weighted by atomic mass is 19.4. The molecule has 112 valence electrons. The van der Waals surface area contributed by atoms with E-state index in [9.17, 15) is 31.1 Å². The molecule has 1 aromatic heterocycles. The molecule has 1 N–H and O–H groups in total. The lowest BCUT2D eigenvalue weighted by Crippen LogP contribution is -2.46. The Hall–Kier alpha value is -2.00. The number of carbonyl (C=O) groups is 1. The number of carboxylic acid groups (broad SMARTS) is 1. The van der Waals surface area contributed by atoms with Gasteiger partial charge in [0.05, 0.1) is 11.3 Å². The van der Waals surface area contributed by atoms with Crippen LogP contribution in [0, 0.1) is 6.92 Å². The molecule has 0 saturated carbocycles. The summed E-state index contributed by atoms with van der Waals surface area (Å²) in [7, 11) is 0. The molecule has 0 spiro atoms. The van der Waals surface area contributed by atoms with Crippen molar-refractivity contribution in [3.63, 3.8) is 0 Å². The lowest BCUT2D eigenvalue weighted by molar-refractivity contribution is -0.300. The molecule has 0 bridgehead atoms. The lowest BCUT2D eigenvalue weighted by atomic mass is 10.2. The Balaban J connectivity index is 3.08. The van der Waals surface area contributed by atoms with E-state index < -0.39 is 30.3 Å². The normalized spacial score (nSPS) is 12.6. The summed E-state index contributed by atoms with van der Waals surface area (Å²) in [5, 5.41) is 8.66. The fraction of sp³-hybridized carbons (Fsp3) is 0.400. The summed E-state index contributed by atoms with van der Waals surface area (Å²) in [5.74, 6) is -2.38. The third-order valence-corrected chi connectivity index (χ3v) is 2.12. The SMILES string of the molecule is Cc1nc(OC(C(F)(F)F)C(F)(F)F)ccc1C(=O)O. The Morgan fingerprint density at radius 1 is 1.20 bits per heavy atom. The number of hydrogen-bond acceptors (Lipinski definition) is 3. The second-order valence-corrected chi connectivity index (χ2v) is 3.67. The van der Waals surface area contributed by atoms with Crippen molar-refractivity contribution in [2.24, 2.45) is 0 Å². The zero-order valence-corrected chi connectivity index (χ0v) is 9.71. The van der Waals surface area contributed by atoms with Gasteiger partial charge in [0.2, 0.25) is 5.88 Å². The largest absolute Gasteiger partial charge is 0.478 e. The molecule has 0 aliphatic rings. The smallest absolute Gasteiger partial charge is 0.434 e. The standard InChI is InChI=1S/C10H7F6NO3/c1-4-5(7(18)19)2-3-6(17-4)20-8(9(11,12)13)10(14,15)16/h2-3,8H,1H3,(H,18,19). The van der Waals surface area contributed by atoms with Crippen molar-refractivity contribution in [3.05, 3.63) is 23.4 Å². The lowest BCUT2D eigenvalue weighted by Gasteiger charge is -2.23. The highest BCUT2D eigenvalue weighted by Gasteiger charge is 2.59. The first-order valence-corrected chi connectivity index (χ1v) is 4.94. The van der Waals surface area contributed by atoms with Gasteiger partial charge in [-0.15, -0.1) is 0 Å². The average molecular weight is 303 g/mol. The van der Waals surface area contributed by atoms with E-state index in [2.05, 4.69) is 9.72 Å². The van der Waals surface area contributed by atoms with Crippen LogP contribution in [0.15, 0.2) is 12.1 Å². The van der Waals surface area contributed by atoms with Gasteiger partial charge in [-0.25, -0.2) is 9.78 Å². The molecule has 0 saturated heterocycles. The van der Waals surface area contributed by atoms with Crippen molar-refractivity contribution in [3.8, 4) is 5.88 Å². The quantitative estimate of drug-likeness (QED) is 0.872. The van der Waals surface area contributed by atoms with E-state index in [0.29, 0.717) is 6.07 Å². The minimum absolute atomic E-state index is 0.266. The van der Waals surface area contributed by atoms with Gasteiger partial charge in [-0.05, 0) is 13.0 Å². The molecule has 1 rings (SSSR count). The molecular weight excluding hydrogens is 296 g/mol. The van der Waals surface area contributed by atoms with Crippen LogP contribution in [0.25, 0.3) is 0 Å². The van der Waals surface area contributed by atoms with Crippen LogP contribution in [0.3, 0.4) is 0 Å². The van der Waals surface area contributed by atoms with Gasteiger partial charge in [0.1, 0.15) is 0 Å². The number of aromatic nitrogens is 1. The maximum Gasteiger partial charge on any atom is 0.434 e. The average Bonchev–Trinajstić information content (AvgIpc) is 2.22. The molecular formula is C10H7F6NO3. The number of aromatic carboxylic acids is 1. The van der Waals surface area contributed by atoms with Crippen LogP contribution in [0.5, 0.6) is 5.88 Å². The summed E-state index contributed by atoms with van der Waals surface area (Å²) >= 11 is 0. The maximum atomic E-state index is 12.2. The second kappa shape index (κ2) is 5.17. The van der Waals surface area contributed by atoms with Crippen LogP contribution >= 0.6 is 0 Å². The number of hydrogen-bond donors (Lipinski definition) is 1. The van der Waals surface area contributed by atoms with Crippen molar-refractivity contribution in [2.75, 3.05) is 0 Å². The van der Waals surface area contributed by atoms with Crippen LogP contribution < -0.4 is 4.74 Å². The summed E-state index contributed by atoms with van der Waals surface area (Å²) in [4.78, 5) is 13.9. The number of rotatable bonds is 3. The minimum Gasteiger partial charge on any atom is -0.478 e. The molecule has 0 radical (unpaired) electrons. The monoisotopic (exact) mass is 303 g/mol. The summed E-state index contributed by atoms with van der Waals surface area (Å²) in [6, 6.07) is 1.44. The van der Waals surface area contributed by atoms with Crippen molar-refractivity contribution < 1.29 is 41.0 Å². The molecule has 0 unspecified atom stereocenters. The van der Waals surface area contributed by atoms with Crippen molar-refractivity contribution in [1.29, 1.82) is 0 Å². The van der Waals surface area contributed by atoms with E-state index in [4.69, 9.17) is 5.11 Å². The second-order valence-electron chi connectivity index (χ2n) is 3.67. The van der Waals surface area contributed by atoms with Crippen molar-refractivity contribution in [1.82, 2.24) is 4.98 Å². The fourth-order valence-corrected chi connectivity index (χ4v) is 1.27. The summed E-state index contributed by atoms with van der Waals surface area (Å²) in [6.45, 7) is 1.12. The van der Waals surface area contributed by atoms with Gasteiger partial charge >= 0.3 is 18.3 Å². The fourth-order valence-electron chi connectivity index (χ4n) is 1.27. The van der Waals surface area contributed by atoms with E-state index in [-0.39, 0.29) is 11.3 Å². The van der Waals surface area contributed by atoms with Crippen LogP contribution in [0.2, 0.25) is 0 Å². The number of halogens is 6. The Kier molecular flexibility index (Phi) is 4.15. The molecule has 0 aliphatic carbocycles. The number of pyridine rings is 1. The summed E-state index contributed by atoms with van der Waals surface area (Å²) in [6.07, 6.45) is -15.4. The topological polar surface area (TPSA) is 59.4 Å². The first kappa shape index (κ1) is 16.1. The van der Waals surface area contributed by atoms with Crippen LogP contribution in [-0.4, -0.2) is 34.5 Å². The molecule has 0 fully saturated rings. The number of aryl methyl sites for hydroxylation is 1. The first-order valence-electron chi connectivity index (χ1n) is 4.94. The predicted molar refractivity (Wildman–Crippen MR) is 52.5 cm³/mol. The van der Waals surface area contributed by atoms with Crippen LogP contribution in [-0.2, 0) is 0 Å². The van der Waals surface area contributed by atoms with E-state index >= 15 is 0 Å². The molecule has 0 amide bonds. The van der Waals surface area contributed by atoms with Gasteiger partial charge in [-0.3, -0.25) is 0 Å². The number of alkyl halides is 6. The summed E-state index contributed by atoms with van der Waals surface area (Å²) < 4.78 is 77.3. The zero-order valence-electron chi connectivity index (χ0n) is 9.71. The molecule has 10 heteroatoms. The van der Waals surface area contributed by atoms with Gasteiger partial charge in [0.25, 0.3) is 6.10 Å². The number of nitrogens with zero attached hydrogens (tertiary/aromatic N) is 1. The van der Waals surface area contributed by atoms with Gasteiger partial charge in [0.15, 0.2) is 0 Å². The van der Waals surface area contributed by atoms with E-state index in [1.54, 1.807) is 0 Å². The van der Waals surface area contributed by atoms with Crippen LogP contribution in [0.1, 0.15) is 16.1 Å². The third kappa shape index (κ3) is 3.75. The first-order chi connectivity index (χ1) is 8.93. The molecule has 4 nitrogen and oxygen atoms in total. The molecule has 20 heavy (non-hydrogen) atoms. The molecule has 0 atom stereocenters. The predicted octanol–water partition coefficient (Wildman–Crippen LogP) is 2.96. The third-order valence-electron chi connectivity index (χ3n) is 2.12. The van der Waals surface area contributed by atoms with Gasteiger partial charge in [-0.1, -0.05) is 0 Å². The van der Waals surface area contributed by atoms with Crippen LogP contribution in [0.4, 0.5) is 26.3 Å². The van der Waals surface area contributed by atoms with Gasteiger partial charge in [-0.2, -0.15) is 26.3 Å². The maximum absolute atomic E-state index is 12.2. The Morgan fingerprint density at radius 3 is 2.05 bits per heavy atom. The van der Waals surface area contributed by atoms with E-state index in [1.165, 1.54) is 0 Å². The van der Waals surface area contributed by atoms with E-state index in [1.807, 2.05) is 0 Å². The molecule has 0 aromatic carbocycles. The molecule has 1 aromatic rings. The summed E-state index contributed by atoms with van der Waals surface area (Å²) in [5.41, 5.74) is -0.619. The molecule has 0 aliphatic heterocycles. The van der Waals surface area contributed by atoms with Crippen molar-refractivity contribution >= 4 is 5.97 Å². The van der Waals surface area contributed by atoms with Gasteiger partial charge < -0.3 is 9.84 Å². The van der Waals surface area contributed by atoms with E-state index in [0.717, 1.165) is 13.0 Å². The number of carboxylic acids is 1. The molecule has 1 heterocycles. The zero-order chi connectivity index (χ0) is 15.7. The minimum atomic E-state index is -5.67. The highest BCUT2D eigenvalue weighted by Crippen LogP contribution is 2.36. The van der Waals surface area contributed by atoms with Gasteiger partial charge in [0, 0.05) is 6.07 Å². The van der Waals surface area contributed by atoms with Crippen molar-refractivity contribution in [2.45, 2.75) is 25.4 Å². The Labute approximate surface area is 108 Å². The highest BCUT2D eigenvalue weighted by molar-refractivity contribution is 5.88. The Bertz CT molecular complexity index is 497.